The summed E-state index contributed by atoms with van der Waals surface area (Å²) in [5, 5.41) is 15.5. The van der Waals surface area contributed by atoms with Gasteiger partial charge in [-0.2, -0.15) is 9.78 Å². The van der Waals surface area contributed by atoms with Gasteiger partial charge in [-0.3, -0.25) is 14.4 Å². The SMILES string of the molecule is O=C(NCC1(C(=O)O)CC1)c1ccc(=O)n(-c2ccccc2F)n1. The standard InChI is InChI=1S/C16H14FN3O4/c17-10-3-1-2-4-12(10)20-13(21)6-5-11(19-20)14(22)18-9-16(7-8-16)15(23)24/h1-6H,7-9H2,(H,18,22)(H,23,24). The summed E-state index contributed by atoms with van der Waals surface area (Å²) in [7, 11) is 0. The number of carbonyl (C=O) groups is 2. The van der Waals surface area contributed by atoms with E-state index in [1.807, 2.05) is 0 Å². The van der Waals surface area contributed by atoms with Crippen molar-refractivity contribution in [1.82, 2.24) is 15.1 Å². The van der Waals surface area contributed by atoms with Crippen molar-refractivity contribution < 1.29 is 19.1 Å². The van der Waals surface area contributed by atoms with Crippen LogP contribution >= 0.6 is 0 Å². The van der Waals surface area contributed by atoms with Gasteiger partial charge in [0.05, 0.1) is 5.41 Å². The maximum atomic E-state index is 13.8. The number of carbonyl (C=O) groups excluding carboxylic acids is 1. The van der Waals surface area contributed by atoms with Crippen LogP contribution in [-0.2, 0) is 4.79 Å². The molecule has 0 radical (unpaired) electrons. The molecule has 0 unspecified atom stereocenters. The molecule has 0 bridgehead atoms. The Balaban J connectivity index is 1.84. The Morgan fingerprint density at radius 3 is 2.58 bits per heavy atom. The van der Waals surface area contributed by atoms with Crippen molar-refractivity contribution in [3.05, 3.63) is 58.3 Å². The van der Waals surface area contributed by atoms with Crippen LogP contribution in [0.25, 0.3) is 5.69 Å². The van der Waals surface area contributed by atoms with E-state index in [0.717, 1.165) is 10.7 Å². The highest BCUT2D eigenvalue weighted by atomic mass is 19.1. The maximum Gasteiger partial charge on any atom is 0.311 e. The molecule has 0 saturated heterocycles. The Morgan fingerprint density at radius 1 is 1.25 bits per heavy atom. The van der Waals surface area contributed by atoms with Gasteiger partial charge in [0.15, 0.2) is 0 Å². The lowest BCUT2D eigenvalue weighted by Gasteiger charge is -2.11. The highest BCUT2D eigenvalue weighted by Gasteiger charge is 2.50. The number of hydrogen-bond donors (Lipinski definition) is 2. The van der Waals surface area contributed by atoms with E-state index >= 15 is 0 Å². The predicted octanol–water partition coefficient (Wildman–Crippen LogP) is 0.966. The summed E-state index contributed by atoms with van der Waals surface area (Å²) in [5.74, 6) is -2.22. The second-order valence-electron chi connectivity index (χ2n) is 5.69. The quantitative estimate of drug-likeness (QED) is 0.850. The Labute approximate surface area is 135 Å². The zero-order chi connectivity index (χ0) is 17.3. The molecule has 7 nitrogen and oxygen atoms in total. The molecule has 1 aromatic carbocycles. The second-order valence-corrected chi connectivity index (χ2v) is 5.69. The zero-order valence-corrected chi connectivity index (χ0v) is 12.5. The molecular formula is C16H14FN3O4. The highest BCUT2D eigenvalue weighted by molar-refractivity contribution is 5.92. The molecule has 3 rings (SSSR count). The molecule has 1 heterocycles. The van der Waals surface area contributed by atoms with Crippen molar-refractivity contribution in [2.45, 2.75) is 12.8 Å². The van der Waals surface area contributed by atoms with Crippen LogP contribution in [0.15, 0.2) is 41.2 Å². The van der Waals surface area contributed by atoms with Crippen LogP contribution in [0.4, 0.5) is 4.39 Å². The summed E-state index contributed by atoms with van der Waals surface area (Å²) in [4.78, 5) is 35.1. The van der Waals surface area contributed by atoms with Crippen molar-refractivity contribution in [3.63, 3.8) is 0 Å². The predicted molar refractivity (Wildman–Crippen MR) is 81.4 cm³/mol. The number of carboxylic acid groups (broad SMARTS) is 1. The van der Waals surface area contributed by atoms with Gasteiger partial charge in [0.1, 0.15) is 17.2 Å². The van der Waals surface area contributed by atoms with Crippen molar-refractivity contribution in [1.29, 1.82) is 0 Å². The minimum Gasteiger partial charge on any atom is -0.481 e. The third kappa shape index (κ3) is 2.90. The smallest absolute Gasteiger partial charge is 0.311 e. The average Bonchev–Trinajstić information content (AvgIpc) is 3.35. The number of para-hydroxylation sites is 1. The molecule has 2 N–H and O–H groups in total. The molecule has 0 spiro atoms. The second kappa shape index (κ2) is 5.88. The first-order chi connectivity index (χ1) is 11.4. The Bertz CT molecular complexity index is 874. The molecule has 1 aliphatic carbocycles. The molecule has 0 aliphatic heterocycles. The van der Waals surface area contributed by atoms with E-state index in [1.54, 1.807) is 6.07 Å². The normalized spacial score (nSPS) is 14.9. The van der Waals surface area contributed by atoms with Crippen LogP contribution < -0.4 is 10.9 Å². The summed E-state index contributed by atoms with van der Waals surface area (Å²) in [6.07, 6.45) is 1.01. The van der Waals surface area contributed by atoms with Gasteiger partial charge in [-0.05, 0) is 31.0 Å². The molecule has 1 aromatic heterocycles. The minimum absolute atomic E-state index is 0.0122. The van der Waals surface area contributed by atoms with E-state index < -0.39 is 28.7 Å². The molecule has 24 heavy (non-hydrogen) atoms. The number of hydrogen-bond acceptors (Lipinski definition) is 4. The van der Waals surface area contributed by atoms with Gasteiger partial charge in [0.2, 0.25) is 0 Å². The number of nitrogens with zero attached hydrogens (tertiary/aromatic N) is 2. The molecule has 8 heteroatoms. The van der Waals surface area contributed by atoms with E-state index in [4.69, 9.17) is 5.11 Å². The summed E-state index contributed by atoms with van der Waals surface area (Å²) in [6, 6.07) is 7.90. The Kier molecular flexibility index (Phi) is 3.88. The lowest BCUT2D eigenvalue weighted by molar-refractivity contribution is -0.143. The average molecular weight is 331 g/mol. The molecule has 1 fully saturated rings. The first-order valence-electron chi connectivity index (χ1n) is 7.30. The topological polar surface area (TPSA) is 101 Å². The van der Waals surface area contributed by atoms with Gasteiger partial charge in [-0.15, -0.1) is 0 Å². The van der Waals surface area contributed by atoms with E-state index in [0.29, 0.717) is 12.8 Å². The number of halogens is 1. The number of nitrogens with one attached hydrogen (secondary N) is 1. The first kappa shape index (κ1) is 15.9. The fourth-order valence-corrected chi connectivity index (χ4v) is 2.29. The minimum atomic E-state index is -0.952. The molecule has 2 aromatic rings. The highest BCUT2D eigenvalue weighted by Crippen LogP contribution is 2.45. The molecule has 124 valence electrons. The lowest BCUT2D eigenvalue weighted by atomic mass is 10.1. The third-order valence-corrected chi connectivity index (χ3v) is 4.01. The monoisotopic (exact) mass is 331 g/mol. The molecule has 1 aliphatic rings. The van der Waals surface area contributed by atoms with Crippen molar-refractivity contribution in [3.8, 4) is 5.69 Å². The van der Waals surface area contributed by atoms with Crippen LogP contribution in [-0.4, -0.2) is 33.3 Å². The lowest BCUT2D eigenvalue weighted by Crippen LogP contribution is -2.35. The van der Waals surface area contributed by atoms with Gasteiger partial charge in [0, 0.05) is 12.6 Å². The Morgan fingerprint density at radius 2 is 1.96 bits per heavy atom. The van der Waals surface area contributed by atoms with E-state index in [9.17, 15) is 18.8 Å². The van der Waals surface area contributed by atoms with Crippen LogP contribution in [0.3, 0.4) is 0 Å². The number of carboxylic acids is 1. The van der Waals surface area contributed by atoms with Gasteiger partial charge < -0.3 is 10.4 Å². The van der Waals surface area contributed by atoms with Crippen molar-refractivity contribution in [2.75, 3.05) is 6.54 Å². The van der Waals surface area contributed by atoms with Crippen LogP contribution in [0.2, 0.25) is 0 Å². The zero-order valence-electron chi connectivity index (χ0n) is 12.5. The molecule has 1 amide bonds. The van der Waals surface area contributed by atoms with Crippen molar-refractivity contribution >= 4 is 11.9 Å². The number of aliphatic carboxylic acids is 1. The van der Waals surface area contributed by atoms with Gasteiger partial charge >= 0.3 is 5.97 Å². The summed E-state index contributed by atoms with van der Waals surface area (Å²) >= 11 is 0. The van der Waals surface area contributed by atoms with Crippen molar-refractivity contribution in [2.24, 2.45) is 5.41 Å². The number of amides is 1. The van der Waals surface area contributed by atoms with E-state index in [1.165, 1.54) is 24.3 Å². The Hall–Kier alpha value is -3.03. The molecular weight excluding hydrogens is 317 g/mol. The maximum absolute atomic E-state index is 13.8. The molecule has 0 atom stereocenters. The van der Waals surface area contributed by atoms with Gasteiger partial charge in [-0.25, -0.2) is 4.39 Å². The number of aromatic nitrogens is 2. The first-order valence-corrected chi connectivity index (χ1v) is 7.30. The van der Waals surface area contributed by atoms with Gasteiger partial charge in [-0.1, -0.05) is 12.1 Å². The van der Waals surface area contributed by atoms with Crippen LogP contribution in [0.5, 0.6) is 0 Å². The summed E-state index contributed by atoms with van der Waals surface area (Å²) in [6.45, 7) is -0.0122. The number of rotatable bonds is 5. The fraction of sp³-hybridized carbons (Fsp3) is 0.250. The fourth-order valence-electron chi connectivity index (χ4n) is 2.29. The van der Waals surface area contributed by atoms with Crippen LogP contribution in [0, 0.1) is 11.2 Å². The largest absolute Gasteiger partial charge is 0.481 e. The van der Waals surface area contributed by atoms with Gasteiger partial charge in [0.25, 0.3) is 11.5 Å². The summed E-state index contributed by atoms with van der Waals surface area (Å²) in [5.41, 5.74) is -1.66. The van der Waals surface area contributed by atoms with E-state index in [-0.39, 0.29) is 17.9 Å². The molecule has 1 saturated carbocycles. The number of benzene rings is 1. The summed E-state index contributed by atoms with van der Waals surface area (Å²) < 4.78 is 14.6. The third-order valence-electron chi connectivity index (χ3n) is 4.01. The van der Waals surface area contributed by atoms with Crippen LogP contribution in [0.1, 0.15) is 23.3 Å². The van der Waals surface area contributed by atoms with E-state index in [2.05, 4.69) is 10.4 Å².